The maximum atomic E-state index is 12.2. The van der Waals surface area contributed by atoms with Crippen LogP contribution in [-0.2, 0) is 4.74 Å². The molecular formula is C16H23NO4S. The number of ether oxygens (including phenoxy) is 3. The minimum Gasteiger partial charge on any atom is -0.493 e. The Morgan fingerprint density at radius 3 is 2.64 bits per heavy atom. The first-order chi connectivity index (χ1) is 10.4. The van der Waals surface area contributed by atoms with Gasteiger partial charge in [-0.15, -0.1) is 11.8 Å². The number of carbonyl (C=O) groups is 1. The van der Waals surface area contributed by atoms with E-state index in [0.29, 0.717) is 24.7 Å². The van der Waals surface area contributed by atoms with Crippen molar-refractivity contribution in [3.8, 4) is 11.5 Å². The summed E-state index contributed by atoms with van der Waals surface area (Å²) in [4.78, 5) is 13.9. The molecule has 1 aromatic carbocycles. The number of nitrogens with zero attached hydrogens (tertiary/aromatic N) is 1. The van der Waals surface area contributed by atoms with Crippen LogP contribution in [0.5, 0.6) is 11.5 Å². The van der Waals surface area contributed by atoms with E-state index < -0.39 is 5.60 Å². The van der Waals surface area contributed by atoms with E-state index in [2.05, 4.69) is 0 Å². The molecule has 1 fully saturated rings. The van der Waals surface area contributed by atoms with Gasteiger partial charge in [0.25, 0.3) is 0 Å². The topological polar surface area (TPSA) is 48.0 Å². The molecule has 1 unspecified atom stereocenters. The minimum atomic E-state index is -0.488. The molecule has 22 heavy (non-hydrogen) atoms. The van der Waals surface area contributed by atoms with Gasteiger partial charge < -0.3 is 14.2 Å². The third-order valence-electron chi connectivity index (χ3n) is 3.07. The van der Waals surface area contributed by atoms with Crippen LogP contribution in [0.15, 0.2) is 24.3 Å². The van der Waals surface area contributed by atoms with Gasteiger partial charge in [0.05, 0.1) is 7.11 Å². The Morgan fingerprint density at radius 1 is 1.32 bits per heavy atom. The Bertz CT molecular complexity index is 515. The van der Waals surface area contributed by atoms with E-state index in [1.165, 1.54) is 0 Å². The van der Waals surface area contributed by atoms with Crippen LogP contribution in [0.4, 0.5) is 4.79 Å². The molecule has 0 bridgehead atoms. The van der Waals surface area contributed by atoms with Crippen molar-refractivity contribution >= 4 is 17.9 Å². The Balaban J connectivity index is 1.95. The molecule has 1 aliphatic heterocycles. The number of methoxy groups -OCH3 is 1. The van der Waals surface area contributed by atoms with Gasteiger partial charge in [0.15, 0.2) is 11.5 Å². The molecule has 1 aliphatic rings. The average Bonchev–Trinajstić information content (AvgIpc) is 2.92. The molecular weight excluding hydrogens is 302 g/mol. The third kappa shape index (κ3) is 4.47. The van der Waals surface area contributed by atoms with Crippen LogP contribution >= 0.6 is 11.8 Å². The van der Waals surface area contributed by atoms with Gasteiger partial charge in [-0.2, -0.15) is 0 Å². The zero-order valence-corrected chi connectivity index (χ0v) is 14.3. The Morgan fingerprint density at radius 2 is 2.00 bits per heavy atom. The molecule has 0 aromatic heterocycles. The molecule has 0 saturated carbocycles. The smallest absolute Gasteiger partial charge is 0.411 e. The quantitative estimate of drug-likeness (QED) is 0.849. The Hall–Kier alpha value is -1.56. The maximum Gasteiger partial charge on any atom is 0.411 e. The molecule has 1 amide bonds. The molecule has 1 heterocycles. The number of hydrogen-bond acceptors (Lipinski definition) is 5. The SMILES string of the molecule is COc1ccccc1OCC1SCCN1C(=O)OC(C)(C)C. The first-order valence-corrected chi connectivity index (χ1v) is 8.32. The van der Waals surface area contributed by atoms with E-state index in [0.717, 1.165) is 5.75 Å². The van der Waals surface area contributed by atoms with Gasteiger partial charge in [-0.1, -0.05) is 12.1 Å². The lowest BCUT2D eigenvalue weighted by Gasteiger charge is -2.28. The summed E-state index contributed by atoms with van der Waals surface area (Å²) in [6.07, 6.45) is -0.286. The molecule has 1 atom stereocenters. The summed E-state index contributed by atoms with van der Waals surface area (Å²) in [5.41, 5.74) is -0.488. The highest BCUT2D eigenvalue weighted by Gasteiger charge is 2.33. The highest BCUT2D eigenvalue weighted by molar-refractivity contribution is 8.00. The molecule has 0 aliphatic carbocycles. The van der Waals surface area contributed by atoms with Crippen LogP contribution in [-0.4, -0.2) is 48.0 Å². The molecule has 1 saturated heterocycles. The predicted molar refractivity (Wildman–Crippen MR) is 87.7 cm³/mol. The number of rotatable bonds is 4. The number of para-hydroxylation sites is 2. The van der Waals surface area contributed by atoms with Crippen LogP contribution in [0.25, 0.3) is 0 Å². The molecule has 6 heteroatoms. The highest BCUT2D eigenvalue weighted by atomic mass is 32.2. The fourth-order valence-corrected chi connectivity index (χ4v) is 3.20. The van der Waals surface area contributed by atoms with E-state index in [1.807, 2.05) is 45.0 Å². The third-order valence-corrected chi connectivity index (χ3v) is 4.26. The summed E-state index contributed by atoms with van der Waals surface area (Å²) in [7, 11) is 1.61. The monoisotopic (exact) mass is 325 g/mol. The fraction of sp³-hybridized carbons (Fsp3) is 0.562. The molecule has 0 spiro atoms. The van der Waals surface area contributed by atoms with Crippen LogP contribution in [0.2, 0.25) is 0 Å². The first kappa shape index (κ1) is 16.8. The molecule has 0 N–H and O–H groups in total. The summed E-state index contributed by atoms with van der Waals surface area (Å²) >= 11 is 1.70. The zero-order chi connectivity index (χ0) is 16.2. The van der Waals surface area contributed by atoms with Crippen LogP contribution in [0, 0.1) is 0 Å². The second-order valence-electron chi connectivity index (χ2n) is 5.96. The maximum absolute atomic E-state index is 12.2. The fourth-order valence-electron chi connectivity index (χ4n) is 2.09. The van der Waals surface area contributed by atoms with E-state index in [-0.39, 0.29) is 11.5 Å². The number of amides is 1. The van der Waals surface area contributed by atoms with Crippen molar-refractivity contribution in [2.75, 3.05) is 26.0 Å². The number of hydrogen-bond donors (Lipinski definition) is 0. The zero-order valence-electron chi connectivity index (χ0n) is 13.5. The van der Waals surface area contributed by atoms with E-state index in [9.17, 15) is 4.79 Å². The standard InChI is InChI=1S/C16H23NO4S/c1-16(2,3)21-15(18)17-9-10-22-14(17)11-20-13-8-6-5-7-12(13)19-4/h5-8,14H,9-11H2,1-4H3. The van der Waals surface area contributed by atoms with Crippen LogP contribution in [0.3, 0.4) is 0 Å². The van der Waals surface area contributed by atoms with Gasteiger partial charge in [-0.25, -0.2) is 4.79 Å². The molecule has 1 aromatic rings. The van der Waals surface area contributed by atoms with Gasteiger partial charge in [0.2, 0.25) is 0 Å². The second kappa shape index (κ2) is 7.13. The van der Waals surface area contributed by atoms with Crippen molar-refractivity contribution in [2.24, 2.45) is 0 Å². The van der Waals surface area contributed by atoms with Crippen molar-refractivity contribution in [1.29, 1.82) is 0 Å². The molecule has 2 rings (SSSR count). The minimum absolute atomic E-state index is 0.0419. The predicted octanol–water partition coefficient (Wildman–Crippen LogP) is 3.38. The van der Waals surface area contributed by atoms with Crippen molar-refractivity contribution in [3.63, 3.8) is 0 Å². The van der Waals surface area contributed by atoms with E-state index >= 15 is 0 Å². The summed E-state index contributed by atoms with van der Waals surface area (Å²) in [6, 6.07) is 7.49. The summed E-state index contributed by atoms with van der Waals surface area (Å²) in [5.74, 6) is 2.26. The summed E-state index contributed by atoms with van der Waals surface area (Å²) < 4.78 is 16.5. The number of thioether (sulfide) groups is 1. The summed E-state index contributed by atoms with van der Waals surface area (Å²) in [6.45, 7) is 6.70. The van der Waals surface area contributed by atoms with Crippen LogP contribution < -0.4 is 9.47 Å². The largest absolute Gasteiger partial charge is 0.493 e. The van der Waals surface area contributed by atoms with Crippen molar-refractivity contribution in [1.82, 2.24) is 4.90 Å². The van der Waals surface area contributed by atoms with Crippen molar-refractivity contribution in [2.45, 2.75) is 31.7 Å². The second-order valence-corrected chi connectivity index (χ2v) is 7.25. The first-order valence-electron chi connectivity index (χ1n) is 7.28. The number of carbonyl (C=O) groups excluding carboxylic acids is 1. The van der Waals surface area contributed by atoms with E-state index in [4.69, 9.17) is 14.2 Å². The van der Waals surface area contributed by atoms with Crippen molar-refractivity contribution < 1.29 is 19.0 Å². The molecule has 0 radical (unpaired) electrons. The Kier molecular flexibility index (Phi) is 5.45. The lowest BCUT2D eigenvalue weighted by atomic mass is 10.2. The summed E-state index contributed by atoms with van der Waals surface area (Å²) in [5, 5.41) is -0.0419. The number of benzene rings is 1. The molecule has 5 nitrogen and oxygen atoms in total. The van der Waals surface area contributed by atoms with Gasteiger partial charge in [-0.3, -0.25) is 4.90 Å². The van der Waals surface area contributed by atoms with Gasteiger partial charge in [0.1, 0.15) is 17.6 Å². The molecule has 122 valence electrons. The Labute approximate surface area is 135 Å². The van der Waals surface area contributed by atoms with E-state index in [1.54, 1.807) is 23.8 Å². The average molecular weight is 325 g/mol. The van der Waals surface area contributed by atoms with Gasteiger partial charge >= 0.3 is 6.09 Å². The highest BCUT2D eigenvalue weighted by Crippen LogP contribution is 2.30. The normalized spacial score (nSPS) is 18.2. The van der Waals surface area contributed by atoms with Crippen molar-refractivity contribution in [3.05, 3.63) is 24.3 Å². The van der Waals surface area contributed by atoms with Gasteiger partial charge in [-0.05, 0) is 32.9 Å². The lowest BCUT2D eigenvalue weighted by Crippen LogP contribution is -2.41. The van der Waals surface area contributed by atoms with Crippen LogP contribution in [0.1, 0.15) is 20.8 Å². The van der Waals surface area contributed by atoms with Gasteiger partial charge in [0, 0.05) is 12.3 Å². The lowest BCUT2D eigenvalue weighted by molar-refractivity contribution is 0.0226.